The van der Waals surface area contributed by atoms with Gasteiger partial charge in [-0.15, -0.1) is 0 Å². The summed E-state index contributed by atoms with van der Waals surface area (Å²) in [5, 5.41) is 3.26. The van der Waals surface area contributed by atoms with Gasteiger partial charge in [-0.2, -0.15) is 0 Å². The Morgan fingerprint density at radius 1 is 1.29 bits per heavy atom. The lowest BCUT2D eigenvalue weighted by Gasteiger charge is -2.15. The van der Waals surface area contributed by atoms with E-state index >= 15 is 0 Å². The third-order valence-corrected chi connectivity index (χ3v) is 2.74. The molecule has 0 aliphatic heterocycles. The number of hydrogen-bond acceptors (Lipinski definition) is 1. The van der Waals surface area contributed by atoms with E-state index in [0.29, 0.717) is 0 Å². The fourth-order valence-electron chi connectivity index (χ4n) is 2.00. The van der Waals surface area contributed by atoms with Gasteiger partial charge in [0, 0.05) is 6.54 Å². The van der Waals surface area contributed by atoms with E-state index in [1.807, 2.05) is 13.1 Å². The van der Waals surface area contributed by atoms with Crippen molar-refractivity contribution in [3.63, 3.8) is 0 Å². The minimum Gasteiger partial charge on any atom is -0.316 e. The van der Waals surface area contributed by atoms with Gasteiger partial charge in [0.05, 0.1) is 0 Å². The highest BCUT2D eigenvalue weighted by molar-refractivity contribution is 5.44. The van der Waals surface area contributed by atoms with Gasteiger partial charge in [-0.25, -0.2) is 0 Å². The predicted molar refractivity (Wildman–Crippen MR) is 79.2 cm³/mol. The maximum atomic E-state index is 3.81. The van der Waals surface area contributed by atoms with Crippen LogP contribution in [0.4, 0.5) is 0 Å². The highest BCUT2D eigenvalue weighted by atomic mass is 14.8. The number of hydrogen-bond donors (Lipinski definition) is 1. The second kappa shape index (κ2) is 10.1. The summed E-state index contributed by atoms with van der Waals surface area (Å²) in [7, 11) is 2.01. The van der Waals surface area contributed by atoms with Crippen LogP contribution in [0, 0.1) is 0 Å². The molecule has 17 heavy (non-hydrogen) atoms. The van der Waals surface area contributed by atoms with Crippen LogP contribution in [-0.2, 0) is 0 Å². The largest absolute Gasteiger partial charge is 0.316 e. The summed E-state index contributed by atoms with van der Waals surface area (Å²) < 4.78 is 0. The molecule has 1 nitrogen and oxygen atoms in total. The first-order valence-electron chi connectivity index (χ1n) is 6.56. The highest BCUT2D eigenvalue weighted by Gasteiger charge is 2.07. The predicted octanol–water partition coefficient (Wildman–Crippen LogP) is 4.40. The Morgan fingerprint density at radius 3 is 2.41 bits per heavy atom. The second-order valence-electron chi connectivity index (χ2n) is 4.07. The minimum absolute atomic E-state index is 0.970. The Bertz CT molecular complexity index is 305. The monoisotopic (exact) mass is 233 g/mol. The Morgan fingerprint density at radius 2 is 2.00 bits per heavy atom. The molecular formula is C16H27N. The molecule has 1 N–H and O–H groups in total. The average Bonchev–Trinajstić information content (AvgIpc) is 2.33. The molecule has 0 bridgehead atoms. The van der Waals surface area contributed by atoms with Gasteiger partial charge in [-0.3, -0.25) is 0 Å². The van der Waals surface area contributed by atoms with Crippen LogP contribution >= 0.6 is 0 Å². The molecular weight excluding hydrogens is 206 g/mol. The molecule has 0 aliphatic rings. The molecule has 96 valence electrons. The molecule has 0 saturated heterocycles. The summed E-state index contributed by atoms with van der Waals surface area (Å²) in [6, 6.07) is 0. The maximum absolute atomic E-state index is 3.81. The second-order valence-corrected chi connectivity index (χ2v) is 4.07. The van der Waals surface area contributed by atoms with Crippen molar-refractivity contribution in [2.24, 2.45) is 0 Å². The molecule has 0 fully saturated rings. The van der Waals surface area contributed by atoms with Gasteiger partial charge in [0.1, 0.15) is 0 Å². The van der Waals surface area contributed by atoms with Gasteiger partial charge >= 0.3 is 0 Å². The van der Waals surface area contributed by atoms with Crippen LogP contribution in [-0.4, -0.2) is 13.6 Å². The van der Waals surface area contributed by atoms with Crippen molar-refractivity contribution in [2.75, 3.05) is 13.6 Å². The smallest absolute Gasteiger partial charge is 0.0167 e. The molecule has 0 aromatic rings. The first-order chi connectivity index (χ1) is 8.24. The summed E-state index contributed by atoms with van der Waals surface area (Å²) in [4.78, 5) is 0. The van der Waals surface area contributed by atoms with Gasteiger partial charge in [0.25, 0.3) is 0 Å². The lowest BCUT2D eigenvalue weighted by Crippen LogP contribution is -2.12. The molecule has 0 aromatic carbocycles. The number of nitrogens with one attached hydrogen (secondary N) is 1. The minimum atomic E-state index is 0.970. The molecule has 0 aromatic heterocycles. The van der Waals surface area contributed by atoms with Gasteiger partial charge in [-0.1, -0.05) is 56.7 Å². The number of allylic oxidation sites excluding steroid dienone is 6. The summed E-state index contributed by atoms with van der Waals surface area (Å²) >= 11 is 0. The first kappa shape index (κ1) is 15.9. The number of likely N-dealkylation sites (N-methyl/N-ethyl adjacent to an activating group) is 1. The van der Waals surface area contributed by atoms with Crippen LogP contribution in [0.2, 0.25) is 0 Å². The van der Waals surface area contributed by atoms with E-state index in [-0.39, 0.29) is 0 Å². The van der Waals surface area contributed by atoms with Crippen LogP contribution in [0.25, 0.3) is 0 Å². The SMILES string of the molecule is C=C/C=C(\C=C/C)C(/CCC)=C(\CC)CNC. The van der Waals surface area contributed by atoms with Crippen molar-refractivity contribution in [2.45, 2.75) is 40.0 Å². The Balaban J connectivity index is 5.41. The van der Waals surface area contributed by atoms with E-state index in [0.717, 1.165) is 19.4 Å². The first-order valence-corrected chi connectivity index (χ1v) is 6.56. The van der Waals surface area contributed by atoms with Gasteiger partial charge in [-0.05, 0) is 38.0 Å². The van der Waals surface area contributed by atoms with Crippen LogP contribution in [0.5, 0.6) is 0 Å². The van der Waals surface area contributed by atoms with Gasteiger partial charge in [0.15, 0.2) is 0 Å². The van der Waals surface area contributed by atoms with Crippen molar-refractivity contribution in [3.05, 3.63) is 47.6 Å². The molecule has 0 unspecified atom stereocenters. The summed E-state index contributed by atoms with van der Waals surface area (Å²) in [5.41, 5.74) is 4.28. The summed E-state index contributed by atoms with van der Waals surface area (Å²) in [6.07, 6.45) is 11.7. The van der Waals surface area contributed by atoms with Crippen LogP contribution in [0.1, 0.15) is 40.0 Å². The standard InChI is InChI=1S/C16H27N/c1-6-10-15(11-7-2)16(12-8-3)14(9-4)13-17-5/h6-7,10-11,17H,1,8-9,12-13H2,2-5H3/b11-7-,15-10+,16-14+. The maximum Gasteiger partial charge on any atom is 0.0167 e. The van der Waals surface area contributed by atoms with E-state index in [4.69, 9.17) is 0 Å². The van der Waals surface area contributed by atoms with E-state index in [9.17, 15) is 0 Å². The molecule has 0 rings (SSSR count). The zero-order chi connectivity index (χ0) is 13.1. The Kier molecular flexibility index (Phi) is 9.46. The van der Waals surface area contributed by atoms with Crippen LogP contribution in [0.3, 0.4) is 0 Å². The Hall–Kier alpha value is -1.08. The van der Waals surface area contributed by atoms with Crippen molar-refractivity contribution in [3.8, 4) is 0 Å². The molecule has 0 spiro atoms. The zero-order valence-electron chi connectivity index (χ0n) is 11.8. The average molecular weight is 233 g/mol. The molecule has 0 aliphatic carbocycles. The van der Waals surface area contributed by atoms with Crippen LogP contribution in [0.15, 0.2) is 47.6 Å². The van der Waals surface area contributed by atoms with Crippen molar-refractivity contribution < 1.29 is 0 Å². The van der Waals surface area contributed by atoms with Crippen LogP contribution < -0.4 is 5.32 Å². The summed E-state index contributed by atoms with van der Waals surface area (Å²) in [6.45, 7) is 11.3. The molecule has 0 saturated carbocycles. The number of rotatable bonds is 8. The van der Waals surface area contributed by atoms with E-state index in [2.05, 4.69) is 50.9 Å². The molecule has 0 amide bonds. The Labute approximate surface area is 107 Å². The van der Waals surface area contributed by atoms with E-state index in [1.165, 1.54) is 23.1 Å². The fourth-order valence-corrected chi connectivity index (χ4v) is 2.00. The van der Waals surface area contributed by atoms with E-state index in [1.54, 1.807) is 0 Å². The van der Waals surface area contributed by atoms with Crippen molar-refractivity contribution in [1.29, 1.82) is 0 Å². The molecule has 1 heteroatoms. The molecule has 0 heterocycles. The fraction of sp³-hybridized carbons (Fsp3) is 0.500. The summed E-state index contributed by atoms with van der Waals surface area (Å²) in [5.74, 6) is 0. The van der Waals surface area contributed by atoms with Gasteiger partial charge in [0.2, 0.25) is 0 Å². The van der Waals surface area contributed by atoms with Gasteiger partial charge < -0.3 is 5.32 Å². The molecule has 0 atom stereocenters. The van der Waals surface area contributed by atoms with Crippen molar-refractivity contribution >= 4 is 0 Å². The third kappa shape index (κ3) is 5.69. The van der Waals surface area contributed by atoms with E-state index < -0.39 is 0 Å². The lowest BCUT2D eigenvalue weighted by atomic mass is 9.93. The zero-order valence-corrected chi connectivity index (χ0v) is 11.8. The normalized spacial score (nSPS) is 14.0. The quantitative estimate of drug-likeness (QED) is 0.613. The molecule has 0 radical (unpaired) electrons. The lowest BCUT2D eigenvalue weighted by molar-refractivity contribution is 0.807. The highest BCUT2D eigenvalue weighted by Crippen LogP contribution is 2.23. The third-order valence-electron chi connectivity index (χ3n) is 2.74. The van der Waals surface area contributed by atoms with Crippen molar-refractivity contribution in [1.82, 2.24) is 5.32 Å². The topological polar surface area (TPSA) is 12.0 Å².